The summed E-state index contributed by atoms with van der Waals surface area (Å²) < 4.78 is 14.9. The average Bonchev–Trinajstić information content (AvgIpc) is 3.36. The first-order chi connectivity index (χ1) is 14.9. The third-order valence-electron chi connectivity index (χ3n) is 6.54. The average molecular weight is 420 g/mol. The molecule has 4 heterocycles. The third-order valence-corrected chi connectivity index (χ3v) is 6.54. The Morgan fingerprint density at radius 2 is 2.06 bits per heavy atom. The van der Waals surface area contributed by atoms with Gasteiger partial charge in [0.05, 0.1) is 18.2 Å². The molecule has 0 unspecified atom stereocenters. The molecule has 0 saturated carbocycles. The highest BCUT2D eigenvalue weighted by Gasteiger charge is 2.42. The molecule has 1 fully saturated rings. The molecule has 1 amide bonds. The van der Waals surface area contributed by atoms with E-state index >= 15 is 0 Å². The Morgan fingerprint density at radius 3 is 2.81 bits per heavy atom. The summed E-state index contributed by atoms with van der Waals surface area (Å²) >= 11 is 0. The quantitative estimate of drug-likeness (QED) is 0.706. The van der Waals surface area contributed by atoms with Crippen molar-refractivity contribution in [1.29, 1.82) is 0 Å². The van der Waals surface area contributed by atoms with E-state index in [0.29, 0.717) is 13.0 Å². The number of hydrogen-bond donors (Lipinski definition) is 1. The zero-order chi connectivity index (χ0) is 21.6. The number of amides is 1. The number of likely N-dealkylation sites (tertiary alicyclic amines) is 1. The molecule has 160 valence electrons. The molecular weight excluding hydrogens is 393 g/mol. The summed E-state index contributed by atoms with van der Waals surface area (Å²) in [5.41, 5.74) is 5.10. The summed E-state index contributed by atoms with van der Waals surface area (Å²) in [7, 11) is 1.92. The van der Waals surface area contributed by atoms with Crippen LogP contribution in [-0.4, -0.2) is 44.2 Å². The van der Waals surface area contributed by atoms with Crippen LogP contribution in [0.4, 0.5) is 10.2 Å². The Labute approximate surface area is 181 Å². The first-order valence-electron chi connectivity index (χ1n) is 10.7. The summed E-state index contributed by atoms with van der Waals surface area (Å²) in [5.74, 6) is 0.743. The number of aryl methyl sites for hydroxylation is 3. The Hall–Kier alpha value is -3.22. The van der Waals surface area contributed by atoms with E-state index in [1.807, 2.05) is 31.3 Å². The van der Waals surface area contributed by atoms with Gasteiger partial charge in [-0.25, -0.2) is 9.37 Å². The fourth-order valence-electron chi connectivity index (χ4n) is 4.77. The summed E-state index contributed by atoms with van der Waals surface area (Å²) in [4.78, 5) is 19.6. The highest BCUT2D eigenvalue weighted by molar-refractivity contribution is 5.79. The molecule has 31 heavy (non-hydrogen) atoms. The van der Waals surface area contributed by atoms with E-state index in [9.17, 15) is 9.18 Å². The van der Waals surface area contributed by atoms with Crippen molar-refractivity contribution in [3.63, 3.8) is 0 Å². The molecule has 1 aromatic carbocycles. The molecule has 6 nitrogen and oxygen atoms in total. The van der Waals surface area contributed by atoms with Crippen LogP contribution in [0.25, 0.3) is 11.1 Å². The number of anilines is 1. The lowest BCUT2D eigenvalue weighted by atomic mass is 9.86. The largest absolute Gasteiger partial charge is 0.363 e. The van der Waals surface area contributed by atoms with Crippen molar-refractivity contribution in [3.05, 3.63) is 65.4 Å². The Bertz CT molecular complexity index is 1140. The number of rotatable bonds is 3. The van der Waals surface area contributed by atoms with Crippen molar-refractivity contribution in [2.24, 2.45) is 7.05 Å². The number of fused-ring (bicyclic) bond motifs is 1. The minimum atomic E-state index is -0.282. The molecule has 0 aliphatic carbocycles. The van der Waals surface area contributed by atoms with E-state index in [-0.39, 0.29) is 17.3 Å². The van der Waals surface area contributed by atoms with E-state index in [4.69, 9.17) is 4.98 Å². The van der Waals surface area contributed by atoms with Gasteiger partial charge in [0.1, 0.15) is 11.6 Å². The molecule has 1 N–H and O–H groups in total. The van der Waals surface area contributed by atoms with Crippen LogP contribution in [0.3, 0.4) is 0 Å². The fraction of sp³-hybridized carbons (Fsp3) is 0.375. The second-order valence-corrected chi connectivity index (χ2v) is 8.81. The van der Waals surface area contributed by atoms with Gasteiger partial charge in [0, 0.05) is 43.2 Å². The van der Waals surface area contributed by atoms with Crippen molar-refractivity contribution < 1.29 is 9.18 Å². The number of halogens is 1. The fourth-order valence-corrected chi connectivity index (χ4v) is 4.77. The zero-order valence-corrected chi connectivity index (χ0v) is 17.9. The maximum atomic E-state index is 13.1. The van der Waals surface area contributed by atoms with Crippen molar-refractivity contribution in [2.45, 2.75) is 38.1 Å². The molecule has 1 atom stereocenters. The molecule has 1 spiro atoms. The molecule has 5 rings (SSSR count). The zero-order valence-electron chi connectivity index (χ0n) is 17.9. The Kier molecular flexibility index (Phi) is 4.76. The standard InChI is InChI=1S/C24H26FN5O/c1-16-21(19-13-26-29(2)14-19)12-18-7-8-24(28-23(18)27-16)9-10-30(15-24)22(31)11-17-3-5-20(25)6-4-17/h3-6,12-14H,7-11,15H2,1-2H3,(H,27,28)/t24-/m1/s1. The Balaban J connectivity index is 1.30. The van der Waals surface area contributed by atoms with E-state index in [0.717, 1.165) is 54.0 Å². The van der Waals surface area contributed by atoms with Crippen LogP contribution in [0.5, 0.6) is 0 Å². The van der Waals surface area contributed by atoms with Crippen LogP contribution in [-0.2, 0) is 24.7 Å². The first-order valence-corrected chi connectivity index (χ1v) is 10.7. The highest BCUT2D eigenvalue weighted by atomic mass is 19.1. The normalized spacial score (nSPS) is 20.0. The van der Waals surface area contributed by atoms with Crippen LogP contribution in [0.15, 0.2) is 42.7 Å². The molecule has 0 radical (unpaired) electrons. The second kappa shape index (κ2) is 7.48. The smallest absolute Gasteiger partial charge is 0.227 e. The summed E-state index contributed by atoms with van der Waals surface area (Å²) in [6, 6.07) is 8.39. The van der Waals surface area contributed by atoms with Crippen molar-refractivity contribution in [2.75, 3.05) is 18.4 Å². The van der Waals surface area contributed by atoms with E-state index in [1.165, 1.54) is 17.7 Å². The van der Waals surface area contributed by atoms with Crippen LogP contribution < -0.4 is 5.32 Å². The monoisotopic (exact) mass is 419 g/mol. The lowest BCUT2D eigenvalue weighted by Gasteiger charge is -2.36. The van der Waals surface area contributed by atoms with Gasteiger partial charge >= 0.3 is 0 Å². The van der Waals surface area contributed by atoms with E-state index in [2.05, 4.69) is 16.5 Å². The minimum Gasteiger partial charge on any atom is -0.363 e. The maximum absolute atomic E-state index is 13.1. The third kappa shape index (κ3) is 3.80. The number of benzene rings is 1. The molecule has 0 bridgehead atoms. The van der Waals surface area contributed by atoms with Crippen molar-refractivity contribution in [3.8, 4) is 11.1 Å². The van der Waals surface area contributed by atoms with E-state index < -0.39 is 0 Å². The van der Waals surface area contributed by atoms with Gasteiger partial charge in [-0.2, -0.15) is 5.10 Å². The minimum absolute atomic E-state index is 0.0899. The van der Waals surface area contributed by atoms with Crippen molar-refractivity contribution in [1.82, 2.24) is 19.7 Å². The lowest BCUT2D eigenvalue weighted by molar-refractivity contribution is -0.129. The number of hydrogen-bond acceptors (Lipinski definition) is 4. The molecule has 1 saturated heterocycles. The van der Waals surface area contributed by atoms with Gasteiger partial charge in [-0.3, -0.25) is 9.48 Å². The summed E-state index contributed by atoms with van der Waals surface area (Å²) in [5, 5.41) is 7.96. The van der Waals surface area contributed by atoms with Crippen LogP contribution in [0.1, 0.15) is 29.7 Å². The maximum Gasteiger partial charge on any atom is 0.227 e. The van der Waals surface area contributed by atoms with E-state index in [1.54, 1.807) is 16.8 Å². The van der Waals surface area contributed by atoms with Gasteiger partial charge in [0.2, 0.25) is 5.91 Å². The van der Waals surface area contributed by atoms with Crippen molar-refractivity contribution >= 4 is 11.7 Å². The lowest BCUT2D eigenvalue weighted by Crippen LogP contribution is -2.45. The van der Waals surface area contributed by atoms with Crippen LogP contribution in [0, 0.1) is 12.7 Å². The number of nitrogens with one attached hydrogen (secondary N) is 1. The predicted molar refractivity (Wildman–Crippen MR) is 117 cm³/mol. The van der Waals surface area contributed by atoms with Crippen LogP contribution >= 0.6 is 0 Å². The first kappa shape index (κ1) is 19.7. The molecule has 2 aromatic heterocycles. The molecule has 3 aromatic rings. The topological polar surface area (TPSA) is 63.1 Å². The number of pyridine rings is 1. The molecular formula is C24H26FN5O. The second-order valence-electron chi connectivity index (χ2n) is 8.81. The summed E-state index contributed by atoms with van der Waals surface area (Å²) in [6.45, 7) is 3.44. The van der Waals surface area contributed by atoms with Gasteiger partial charge in [0.15, 0.2) is 0 Å². The number of nitrogens with zero attached hydrogens (tertiary/aromatic N) is 4. The summed E-state index contributed by atoms with van der Waals surface area (Å²) in [6.07, 6.45) is 7.00. The molecule has 2 aliphatic heterocycles. The molecule has 7 heteroatoms. The Morgan fingerprint density at radius 1 is 1.26 bits per heavy atom. The number of carbonyl (C=O) groups is 1. The SMILES string of the molecule is Cc1nc2c(cc1-c1cnn(C)c1)CC[C@]1(CCN(C(=O)Cc3ccc(F)cc3)C1)N2. The van der Waals surface area contributed by atoms with Gasteiger partial charge in [-0.05, 0) is 55.5 Å². The van der Waals surface area contributed by atoms with Gasteiger partial charge in [-0.15, -0.1) is 0 Å². The molecule has 2 aliphatic rings. The number of carbonyl (C=O) groups excluding carboxylic acids is 1. The number of aromatic nitrogens is 3. The van der Waals surface area contributed by atoms with Gasteiger partial charge in [0.25, 0.3) is 0 Å². The van der Waals surface area contributed by atoms with Gasteiger partial charge in [-0.1, -0.05) is 12.1 Å². The predicted octanol–water partition coefficient (Wildman–Crippen LogP) is 3.50. The highest BCUT2D eigenvalue weighted by Crippen LogP contribution is 2.38. The van der Waals surface area contributed by atoms with Crippen LogP contribution in [0.2, 0.25) is 0 Å². The van der Waals surface area contributed by atoms with Gasteiger partial charge < -0.3 is 10.2 Å².